The average molecular weight is 384 g/mol. The third-order valence-electron chi connectivity index (χ3n) is 3.99. The summed E-state index contributed by atoms with van der Waals surface area (Å²) in [4.78, 5) is 34.4. The van der Waals surface area contributed by atoms with Crippen molar-refractivity contribution in [3.63, 3.8) is 0 Å². The number of carbonyl (C=O) groups is 2. The minimum absolute atomic E-state index is 0.149. The van der Waals surface area contributed by atoms with Crippen molar-refractivity contribution in [1.82, 2.24) is 9.97 Å². The van der Waals surface area contributed by atoms with Gasteiger partial charge in [0.1, 0.15) is 0 Å². The number of amides is 2. The zero-order valence-electron chi connectivity index (χ0n) is 13.8. The Labute approximate surface area is 158 Å². The van der Waals surface area contributed by atoms with E-state index in [9.17, 15) is 9.59 Å². The number of rotatable bonds is 5. The van der Waals surface area contributed by atoms with Gasteiger partial charge < -0.3 is 5.32 Å². The number of thiazole rings is 2. The van der Waals surface area contributed by atoms with Crippen molar-refractivity contribution in [2.45, 2.75) is 25.7 Å². The van der Waals surface area contributed by atoms with Gasteiger partial charge in [-0.05, 0) is 31.4 Å². The van der Waals surface area contributed by atoms with Crippen LogP contribution < -0.4 is 10.6 Å². The molecule has 0 fully saturated rings. The van der Waals surface area contributed by atoms with E-state index in [2.05, 4.69) is 20.6 Å². The standard InChI is InChI=1S/C18H16N4O2S2/c23-15(21-18-20-13-7-4-8-14(13)26-18)9-12-10-25-17(19-12)22-16(24)11-5-2-1-3-6-11/h1-3,5-6,10H,4,7-9H2,(H,19,22,24)(H,20,21,23). The van der Waals surface area contributed by atoms with Crippen molar-refractivity contribution < 1.29 is 9.59 Å². The first-order chi connectivity index (χ1) is 12.7. The van der Waals surface area contributed by atoms with Crippen LogP contribution in [0.15, 0.2) is 35.7 Å². The Balaban J connectivity index is 1.34. The molecule has 0 bridgehead atoms. The molecule has 1 aromatic carbocycles. The molecule has 4 rings (SSSR count). The van der Waals surface area contributed by atoms with E-state index >= 15 is 0 Å². The number of fused-ring (bicyclic) bond motifs is 1. The van der Waals surface area contributed by atoms with Gasteiger partial charge in [0.25, 0.3) is 5.91 Å². The lowest BCUT2D eigenvalue weighted by atomic mass is 10.2. The Morgan fingerprint density at radius 3 is 2.69 bits per heavy atom. The smallest absolute Gasteiger partial charge is 0.257 e. The first kappa shape index (κ1) is 16.9. The van der Waals surface area contributed by atoms with Gasteiger partial charge >= 0.3 is 0 Å². The maximum absolute atomic E-state index is 12.2. The second kappa shape index (κ2) is 7.35. The van der Waals surface area contributed by atoms with Crippen molar-refractivity contribution in [3.05, 3.63) is 57.5 Å². The fourth-order valence-corrected chi connectivity index (χ4v) is 4.55. The third kappa shape index (κ3) is 3.81. The highest BCUT2D eigenvalue weighted by Crippen LogP contribution is 2.30. The van der Waals surface area contributed by atoms with Gasteiger partial charge in [-0.2, -0.15) is 0 Å². The van der Waals surface area contributed by atoms with Crippen molar-refractivity contribution >= 4 is 44.8 Å². The summed E-state index contributed by atoms with van der Waals surface area (Å²) < 4.78 is 0. The van der Waals surface area contributed by atoms with E-state index in [1.54, 1.807) is 41.0 Å². The van der Waals surface area contributed by atoms with Crippen molar-refractivity contribution in [2.24, 2.45) is 0 Å². The van der Waals surface area contributed by atoms with Crippen LogP contribution in [0.25, 0.3) is 0 Å². The molecule has 3 aromatic rings. The van der Waals surface area contributed by atoms with Crippen LogP contribution in [0.5, 0.6) is 0 Å². The molecule has 2 aromatic heterocycles. The van der Waals surface area contributed by atoms with Crippen molar-refractivity contribution in [2.75, 3.05) is 10.6 Å². The minimum Gasteiger partial charge on any atom is -0.302 e. The summed E-state index contributed by atoms with van der Waals surface area (Å²) >= 11 is 2.86. The van der Waals surface area contributed by atoms with Crippen LogP contribution >= 0.6 is 22.7 Å². The average Bonchev–Trinajstić information content (AvgIpc) is 3.32. The monoisotopic (exact) mass is 384 g/mol. The lowest BCUT2D eigenvalue weighted by molar-refractivity contribution is -0.115. The number of hydrogen-bond donors (Lipinski definition) is 2. The first-order valence-corrected chi connectivity index (χ1v) is 9.96. The van der Waals surface area contributed by atoms with Gasteiger partial charge in [0.05, 0.1) is 17.8 Å². The van der Waals surface area contributed by atoms with E-state index in [1.165, 1.54) is 16.2 Å². The van der Waals surface area contributed by atoms with Crippen LogP contribution in [0.3, 0.4) is 0 Å². The molecule has 0 saturated heterocycles. The highest BCUT2D eigenvalue weighted by atomic mass is 32.1. The van der Waals surface area contributed by atoms with E-state index < -0.39 is 0 Å². The third-order valence-corrected chi connectivity index (χ3v) is 5.87. The topological polar surface area (TPSA) is 84.0 Å². The second-order valence-corrected chi connectivity index (χ2v) is 7.87. The lowest BCUT2D eigenvalue weighted by Gasteiger charge is -2.01. The molecule has 0 atom stereocenters. The molecule has 0 unspecified atom stereocenters. The maximum Gasteiger partial charge on any atom is 0.257 e. The highest BCUT2D eigenvalue weighted by Gasteiger charge is 2.18. The van der Waals surface area contributed by atoms with E-state index in [1.807, 2.05) is 6.07 Å². The number of aryl methyl sites for hydroxylation is 2. The number of nitrogens with zero attached hydrogens (tertiary/aromatic N) is 2. The van der Waals surface area contributed by atoms with Gasteiger partial charge in [-0.1, -0.05) is 18.2 Å². The minimum atomic E-state index is -0.215. The number of aromatic nitrogens is 2. The summed E-state index contributed by atoms with van der Waals surface area (Å²) in [7, 11) is 0. The van der Waals surface area contributed by atoms with Crippen molar-refractivity contribution in [1.29, 1.82) is 0 Å². The summed E-state index contributed by atoms with van der Waals surface area (Å²) in [6.45, 7) is 0. The highest BCUT2D eigenvalue weighted by molar-refractivity contribution is 7.16. The second-order valence-electron chi connectivity index (χ2n) is 5.93. The van der Waals surface area contributed by atoms with E-state index in [-0.39, 0.29) is 18.2 Å². The fraction of sp³-hybridized carbons (Fsp3) is 0.222. The molecule has 2 heterocycles. The number of benzene rings is 1. The predicted molar refractivity (Wildman–Crippen MR) is 103 cm³/mol. The molecule has 26 heavy (non-hydrogen) atoms. The molecule has 2 N–H and O–H groups in total. The first-order valence-electron chi connectivity index (χ1n) is 8.26. The molecule has 6 nitrogen and oxygen atoms in total. The summed E-state index contributed by atoms with van der Waals surface area (Å²) in [6.07, 6.45) is 3.36. The molecule has 0 saturated carbocycles. The molecular formula is C18H16N4O2S2. The largest absolute Gasteiger partial charge is 0.302 e. The Morgan fingerprint density at radius 1 is 1.04 bits per heavy atom. The summed E-state index contributed by atoms with van der Waals surface area (Å²) in [5.74, 6) is -0.364. The van der Waals surface area contributed by atoms with Gasteiger partial charge in [0.15, 0.2) is 10.3 Å². The van der Waals surface area contributed by atoms with Crippen LogP contribution in [0, 0.1) is 0 Å². The Kier molecular flexibility index (Phi) is 4.77. The van der Waals surface area contributed by atoms with Crippen molar-refractivity contribution in [3.8, 4) is 0 Å². The molecule has 8 heteroatoms. The van der Waals surface area contributed by atoms with Crippen LogP contribution in [0.2, 0.25) is 0 Å². The molecule has 2 amide bonds. The van der Waals surface area contributed by atoms with Gasteiger partial charge in [-0.3, -0.25) is 14.9 Å². The Bertz CT molecular complexity index is 928. The number of carbonyl (C=O) groups excluding carboxylic acids is 2. The zero-order chi connectivity index (χ0) is 17.9. The van der Waals surface area contributed by atoms with Gasteiger partial charge in [-0.25, -0.2) is 9.97 Å². The van der Waals surface area contributed by atoms with Gasteiger partial charge in [-0.15, -0.1) is 22.7 Å². The Hall–Kier alpha value is -2.58. The van der Waals surface area contributed by atoms with E-state index in [0.717, 1.165) is 25.0 Å². The quantitative estimate of drug-likeness (QED) is 0.705. The summed E-state index contributed by atoms with van der Waals surface area (Å²) in [6, 6.07) is 8.95. The normalized spacial score (nSPS) is 12.6. The molecular weight excluding hydrogens is 368 g/mol. The van der Waals surface area contributed by atoms with Gasteiger partial charge in [0.2, 0.25) is 5.91 Å². The molecule has 1 aliphatic rings. The maximum atomic E-state index is 12.2. The van der Waals surface area contributed by atoms with Crippen LogP contribution in [-0.2, 0) is 24.1 Å². The van der Waals surface area contributed by atoms with E-state index in [4.69, 9.17) is 0 Å². The van der Waals surface area contributed by atoms with Crippen LogP contribution in [0.4, 0.5) is 10.3 Å². The molecule has 0 radical (unpaired) electrons. The molecule has 1 aliphatic carbocycles. The van der Waals surface area contributed by atoms with Gasteiger partial charge in [0, 0.05) is 15.8 Å². The molecule has 132 valence electrons. The van der Waals surface area contributed by atoms with E-state index in [0.29, 0.717) is 21.5 Å². The lowest BCUT2D eigenvalue weighted by Crippen LogP contribution is -2.15. The van der Waals surface area contributed by atoms with Crippen LogP contribution in [0.1, 0.15) is 33.0 Å². The summed E-state index contributed by atoms with van der Waals surface area (Å²) in [5, 5.41) is 8.52. The zero-order valence-corrected chi connectivity index (χ0v) is 15.5. The SMILES string of the molecule is O=C(Cc1csc(NC(=O)c2ccccc2)n1)Nc1nc2c(s1)CCC2. The molecule has 0 aliphatic heterocycles. The fourth-order valence-electron chi connectivity index (χ4n) is 2.78. The Morgan fingerprint density at radius 2 is 1.88 bits per heavy atom. The number of nitrogens with one attached hydrogen (secondary N) is 2. The van der Waals surface area contributed by atoms with Crippen LogP contribution in [-0.4, -0.2) is 21.8 Å². The predicted octanol–water partition coefficient (Wildman–Crippen LogP) is 3.52. The number of hydrogen-bond acceptors (Lipinski definition) is 6. The number of anilines is 2. The summed E-state index contributed by atoms with van der Waals surface area (Å²) in [5.41, 5.74) is 2.31. The molecule has 0 spiro atoms.